The SMILES string of the molecule is COc1ccc(OC[C@H]2c3cc(OC)c(OC)cc3CCN2S(=O)(=O)c2ccccc2)cc1. The molecule has 0 saturated carbocycles. The fourth-order valence-corrected chi connectivity index (χ4v) is 5.65. The van der Waals surface area contributed by atoms with Gasteiger partial charge in [-0.1, -0.05) is 18.2 Å². The summed E-state index contributed by atoms with van der Waals surface area (Å²) in [6.07, 6.45) is 0.556. The van der Waals surface area contributed by atoms with E-state index in [0.29, 0.717) is 30.2 Å². The van der Waals surface area contributed by atoms with Gasteiger partial charge in [0, 0.05) is 6.54 Å². The Kier molecular flexibility index (Phi) is 6.76. The Bertz CT molecular complexity index is 1200. The molecule has 174 valence electrons. The maximum Gasteiger partial charge on any atom is 0.243 e. The smallest absolute Gasteiger partial charge is 0.243 e. The predicted octanol–water partition coefficient (Wildman–Crippen LogP) is 4.08. The monoisotopic (exact) mass is 469 g/mol. The Hall–Kier alpha value is -3.23. The molecule has 0 amide bonds. The summed E-state index contributed by atoms with van der Waals surface area (Å²) in [6.45, 7) is 0.469. The third kappa shape index (κ3) is 4.62. The summed E-state index contributed by atoms with van der Waals surface area (Å²) in [6, 6.07) is 18.9. The molecule has 1 aliphatic heterocycles. The van der Waals surface area contributed by atoms with Gasteiger partial charge in [-0.3, -0.25) is 0 Å². The van der Waals surface area contributed by atoms with E-state index in [4.69, 9.17) is 18.9 Å². The quantitative estimate of drug-likeness (QED) is 0.495. The summed E-state index contributed by atoms with van der Waals surface area (Å²) in [5, 5.41) is 0. The highest BCUT2D eigenvalue weighted by atomic mass is 32.2. The Morgan fingerprint density at radius 2 is 1.48 bits per heavy atom. The van der Waals surface area contributed by atoms with Gasteiger partial charge in [-0.05, 0) is 66.1 Å². The van der Waals surface area contributed by atoms with Crippen molar-refractivity contribution >= 4 is 10.0 Å². The molecule has 0 N–H and O–H groups in total. The van der Waals surface area contributed by atoms with Crippen LogP contribution in [0.4, 0.5) is 0 Å². The average Bonchev–Trinajstić information content (AvgIpc) is 2.86. The van der Waals surface area contributed by atoms with Crippen molar-refractivity contribution in [1.82, 2.24) is 4.31 Å². The Morgan fingerprint density at radius 3 is 2.12 bits per heavy atom. The van der Waals surface area contributed by atoms with Gasteiger partial charge < -0.3 is 18.9 Å². The average molecular weight is 470 g/mol. The van der Waals surface area contributed by atoms with Crippen molar-refractivity contribution in [3.05, 3.63) is 77.9 Å². The van der Waals surface area contributed by atoms with Crippen LogP contribution in [0.2, 0.25) is 0 Å². The van der Waals surface area contributed by atoms with Crippen molar-refractivity contribution in [2.24, 2.45) is 0 Å². The molecule has 0 aliphatic carbocycles. The molecule has 3 aromatic carbocycles. The number of fused-ring (bicyclic) bond motifs is 1. The van der Waals surface area contributed by atoms with E-state index in [9.17, 15) is 8.42 Å². The Labute approximate surface area is 194 Å². The van der Waals surface area contributed by atoms with Crippen molar-refractivity contribution in [2.75, 3.05) is 34.5 Å². The van der Waals surface area contributed by atoms with E-state index in [-0.39, 0.29) is 11.5 Å². The highest BCUT2D eigenvalue weighted by Crippen LogP contribution is 2.40. The number of hydrogen-bond acceptors (Lipinski definition) is 6. The van der Waals surface area contributed by atoms with Crippen LogP contribution in [-0.2, 0) is 16.4 Å². The van der Waals surface area contributed by atoms with Gasteiger partial charge in [0.15, 0.2) is 11.5 Å². The van der Waals surface area contributed by atoms with Gasteiger partial charge in [-0.2, -0.15) is 4.31 Å². The minimum absolute atomic E-state index is 0.140. The molecule has 4 rings (SSSR count). The minimum atomic E-state index is -3.74. The molecule has 0 spiro atoms. The van der Waals surface area contributed by atoms with Crippen molar-refractivity contribution in [3.63, 3.8) is 0 Å². The molecule has 0 saturated heterocycles. The Balaban J connectivity index is 1.73. The summed E-state index contributed by atoms with van der Waals surface area (Å²) in [4.78, 5) is 0.253. The summed E-state index contributed by atoms with van der Waals surface area (Å²) < 4.78 is 50.9. The van der Waals surface area contributed by atoms with Gasteiger partial charge in [-0.25, -0.2) is 8.42 Å². The first-order chi connectivity index (χ1) is 16.0. The summed E-state index contributed by atoms with van der Waals surface area (Å²) in [7, 11) is 1.01. The first-order valence-corrected chi connectivity index (χ1v) is 12.0. The lowest BCUT2D eigenvalue weighted by molar-refractivity contribution is 0.196. The second-order valence-corrected chi connectivity index (χ2v) is 9.48. The normalized spacial score (nSPS) is 16.0. The zero-order chi connectivity index (χ0) is 23.4. The molecule has 8 heteroatoms. The number of rotatable bonds is 8. The number of methoxy groups -OCH3 is 3. The van der Waals surface area contributed by atoms with Crippen molar-refractivity contribution in [2.45, 2.75) is 17.4 Å². The standard InChI is InChI=1S/C25H27NO6S/c1-29-19-9-11-20(12-10-19)32-17-23-22-16-25(31-3)24(30-2)15-18(22)13-14-26(23)33(27,28)21-7-5-4-6-8-21/h4-12,15-16,23H,13-14,17H2,1-3H3/t23-/m0/s1. The van der Waals surface area contributed by atoms with Crippen LogP contribution in [0.25, 0.3) is 0 Å². The molecule has 0 aromatic heterocycles. The van der Waals surface area contributed by atoms with Gasteiger partial charge in [0.2, 0.25) is 10.0 Å². The van der Waals surface area contributed by atoms with Crippen LogP contribution in [0.3, 0.4) is 0 Å². The fourth-order valence-electron chi connectivity index (χ4n) is 4.04. The van der Waals surface area contributed by atoms with E-state index in [1.165, 1.54) is 4.31 Å². The second-order valence-electron chi connectivity index (χ2n) is 7.59. The molecule has 1 atom stereocenters. The summed E-state index contributed by atoms with van der Waals surface area (Å²) in [5.41, 5.74) is 1.85. The third-order valence-corrected chi connectivity index (χ3v) is 7.69. The van der Waals surface area contributed by atoms with E-state index < -0.39 is 16.1 Å². The Morgan fingerprint density at radius 1 is 0.848 bits per heavy atom. The summed E-state index contributed by atoms with van der Waals surface area (Å²) in [5.74, 6) is 2.51. The van der Waals surface area contributed by atoms with Crippen molar-refractivity contribution in [3.8, 4) is 23.0 Å². The number of nitrogens with zero attached hydrogens (tertiary/aromatic N) is 1. The van der Waals surface area contributed by atoms with Crippen LogP contribution in [0.5, 0.6) is 23.0 Å². The van der Waals surface area contributed by atoms with E-state index in [2.05, 4.69) is 0 Å². The van der Waals surface area contributed by atoms with Gasteiger partial charge in [-0.15, -0.1) is 0 Å². The van der Waals surface area contributed by atoms with E-state index >= 15 is 0 Å². The van der Waals surface area contributed by atoms with Crippen LogP contribution in [-0.4, -0.2) is 47.2 Å². The number of hydrogen-bond donors (Lipinski definition) is 0. The lowest BCUT2D eigenvalue weighted by atomic mass is 9.94. The number of sulfonamides is 1. The van der Waals surface area contributed by atoms with E-state index in [1.807, 2.05) is 12.1 Å². The highest BCUT2D eigenvalue weighted by molar-refractivity contribution is 7.89. The molecule has 1 aliphatic rings. The van der Waals surface area contributed by atoms with Crippen molar-refractivity contribution < 1.29 is 27.4 Å². The van der Waals surface area contributed by atoms with Crippen LogP contribution in [0.15, 0.2) is 71.6 Å². The zero-order valence-corrected chi connectivity index (χ0v) is 19.7. The molecular formula is C25H27NO6S. The zero-order valence-electron chi connectivity index (χ0n) is 18.9. The molecule has 1 heterocycles. The molecule has 0 unspecified atom stereocenters. The number of ether oxygens (including phenoxy) is 4. The van der Waals surface area contributed by atoms with Crippen molar-refractivity contribution in [1.29, 1.82) is 0 Å². The van der Waals surface area contributed by atoms with E-state index in [0.717, 1.165) is 16.9 Å². The summed E-state index contributed by atoms with van der Waals surface area (Å²) >= 11 is 0. The topological polar surface area (TPSA) is 74.3 Å². The van der Waals surface area contributed by atoms with Gasteiger partial charge in [0.1, 0.15) is 18.1 Å². The third-order valence-electron chi connectivity index (χ3n) is 5.77. The lowest BCUT2D eigenvalue weighted by Gasteiger charge is -2.36. The van der Waals surface area contributed by atoms with E-state index in [1.54, 1.807) is 75.9 Å². The molecule has 0 radical (unpaired) electrons. The van der Waals surface area contributed by atoms with Crippen LogP contribution >= 0.6 is 0 Å². The molecule has 7 nitrogen and oxygen atoms in total. The minimum Gasteiger partial charge on any atom is -0.497 e. The van der Waals surface area contributed by atoms with Crippen LogP contribution in [0.1, 0.15) is 17.2 Å². The lowest BCUT2D eigenvalue weighted by Crippen LogP contribution is -2.42. The van der Waals surface area contributed by atoms with Gasteiger partial charge in [0.25, 0.3) is 0 Å². The highest BCUT2D eigenvalue weighted by Gasteiger charge is 2.37. The molecule has 33 heavy (non-hydrogen) atoms. The maximum absolute atomic E-state index is 13.6. The first-order valence-electron chi connectivity index (χ1n) is 10.6. The predicted molar refractivity (Wildman–Crippen MR) is 125 cm³/mol. The molecule has 0 bridgehead atoms. The van der Waals surface area contributed by atoms with Gasteiger partial charge in [0.05, 0.1) is 32.3 Å². The largest absolute Gasteiger partial charge is 0.497 e. The van der Waals surface area contributed by atoms with Gasteiger partial charge >= 0.3 is 0 Å². The molecule has 3 aromatic rings. The number of benzene rings is 3. The first kappa shape index (κ1) is 22.9. The second kappa shape index (κ2) is 9.72. The van der Waals surface area contributed by atoms with Crippen LogP contribution < -0.4 is 18.9 Å². The molecular weight excluding hydrogens is 442 g/mol. The van der Waals surface area contributed by atoms with Crippen LogP contribution in [0, 0.1) is 0 Å². The fraction of sp³-hybridized carbons (Fsp3) is 0.280. The molecule has 0 fully saturated rings. The maximum atomic E-state index is 13.6.